The van der Waals surface area contributed by atoms with E-state index in [4.69, 9.17) is 9.47 Å². The fraction of sp³-hybridized carbons (Fsp3) is 0.471. The first-order valence-electron chi connectivity index (χ1n) is 7.98. The second-order valence-electron chi connectivity index (χ2n) is 6.34. The maximum Gasteiger partial charge on any atom is 0.151 e. The molecule has 6 nitrogen and oxygen atoms in total. The molecule has 0 amide bonds. The summed E-state index contributed by atoms with van der Waals surface area (Å²) in [4.78, 5) is 6.31. The summed E-state index contributed by atoms with van der Waals surface area (Å²) in [5.41, 5.74) is 0.820. The minimum atomic E-state index is -0.113. The first-order valence-corrected chi connectivity index (χ1v) is 7.98. The van der Waals surface area contributed by atoms with Crippen LogP contribution in [0.3, 0.4) is 0 Å². The standard InChI is InChI=1S/C17H20N4O2/c1-13-4-5-16(20-19-13)21-11-17(12-21)9-14(6-8-22-17)23-15-3-2-7-18-10-15/h2-5,7,10,14H,6,8-9,11-12H2,1H3/t14-/m1/s1. The lowest BCUT2D eigenvalue weighted by Crippen LogP contribution is -2.66. The van der Waals surface area contributed by atoms with Crippen molar-refractivity contribution in [3.63, 3.8) is 0 Å². The fourth-order valence-electron chi connectivity index (χ4n) is 3.28. The Bertz CT molecular complexity index is 656. The van der Waals surface area contributed by atoms with Gasteiger partial charge in [-0.1, -0.05) is 0 Å². The van der Waals surface area contributed by atoms with Crippen molar-refractivity contribution in [3.05, 3.63) is 42.4 Å². The molecule has 2 fully saturated rings. The highest BCUT2D eigenvalue weighted by molar-refractivity contribution is 5.43. The van der Waals surface area contributed by atoms with Crippen molar-refractivity contribution in [1.82, 2.24) is 15.2 Å². The minimum absolute atomic E-state index is 0.113. The Kier molecular flexibility index (Phi) is 3.61. The zero-order valence-electron chi connectivity index (χ0n) is 13.2. The lowest BCUT2D eigenvalue weighted by atomic mass is 9.84. The largest absolute Gasteiger partial charge is 0.489 e. The van der Waals surface area contributed by atoms with E-state index in [1.165, 1.54) is 0 Å². The zero-order valence-corrected chi connectivity index (χ0v) is 13.2. The van der Waals surface area contributed by atoms with Crippen LogP contribution >= 0.6 is 0 Å². The van der Waals surface area contributed by atoms with Crippen LogP contribution in [-0.4, -0.2) is 46.6 Å². The van der Waals surface area contributed by atoms with Gasteiger partial charge in [0.25, 0.3) is 0 Å². The summed E-state index contributed by atoms with van der Waals surface area (Å²) in [6.45, 7) is 4.37. The van der Waals surface area contributed by atoms with Gasteiger partial charge in [-0.15, -0.1) is 5.10 Å². The van der Waals surface area contributed by atoms with Crippen LogP contribution in [0, 0.1) is 6.92 Å². The molecule has 0 aromatic carbocycles. The quantitative estimate of drug-likeness (QED) is 0.864. The third-order valence-electron chi connectivity index (χ3n) is 4.45. The lowest BCUT2D eigenvalue weighted by Gasteiger charge is -2.53. The monoisotopic (exact) mass is 312 g/mol. The van der Waals surface area contributed by atoms with Crippen molar-refractivity contribution in [2.45, 2.75) is 31.5 Å². The van der Waals surface area contributed by atoms with E-state index in [0.717, 1.165) is 49.8 Å². The highest BCUT2D eigenvalue weighted by Crippen LogP contribution is 2.37. The van der Waals surface area contributed by atoms with Crippen LogP contribution in [0.25, 0.3) is 0 Å². The lowest BCUT2D eigenvalue weighted by molar-refractivity contribution is -0.126. The molecule has 0 aliphatic carbocycles. The number of aryl methyl sites for hydroxylation is 1. The van der Waals surface area contributed by atoms with Gasteiger partial charge in [0.1, 0.15) is 17.5 Å². The third kappa shape index (κ3) is 2.99. The predicted octanol–water partition coefficient (Wildman–Crippen LogP) is 2.00. The van der Waals surface area contributed by atoms with Crippen LogP contribution < -0.4 is 9.64 Å². The highest BCUT2D eigenvalue weighted by atomic mass is 16.5. The van der Waals surface area contributed by atoms with E-state index >= 15 is 0 Å². The molecule has 4 heterocycles. The second-order valence-corrected chi connectivity index (χ2v) is 6.34. The third-order valence-corrected chi connectivity index (χ3v) is 4.45. The Labute approximate surface area is 135 Å². The molecule has 0 N–H and O–H groups in total. The minimum Gasteiger partial charge on any atom is -0.489 e. The van der Waals surface area contributed by atoms with Crippen molar-refractivity contribution >= 4 is 5.82 Å². The number of hydrogen-bond donors (Lipinski definition) is 0. The summed E-state index contributed by atoms with van der Waals surface area (Å²) in [6.07, 6.45) is 5.51. The summed E-state index contributed by atoms with van der Waals surface area (Å²) >= 11 is 0. The molecule has 120 valence electrons. The maximum atomic E-state index is 6.06. The molecule has 1 spiro atoms. The van der Waals surface area contributed by atoms with Gasteiger partial charge >= 0.3 is 0 Å². The second kappa shape index (κ2) is 5.77. The summed E-state index contributed by atoms with van der Waals surface area (Å²) in [5, 5.41) is 8.37. The molecule has 6 heteroatoms. The van der Waals surface area contributed by atoms with Crippen molar-refractivity contribution in [2.75, 3.05) is 24.6 Å². The van der Waals surface area contributed by atoms with Crippen LogP contribution in [0.2, 0.25) is 0 Å². The predicted molar refractivity (Wildman–Crippen MR) is 85.6 cm³/mol. The van der Waals surface area contributed by atoms with Crippen LogP contribution in [0.15, 0.2) is 36.7 Å². The molecule has 2 aliphatic rings. The molecule has 1 atom stereocenters. The van der Waals surface area contributed by atoms with Gasteiger partial charge in [-0.2, -0.15) is 5.10 Å². The van der Waals surface area contributed by atoms with Gasteiger partial charge < -0.3 is 14.4 Å². The van der Waals surface area contributed by atoms with Gasteiger partial charge in [0, 0.05) is 19.0 Å². The Morgan fingerprint density at radius 1 is 1.26 bits per heavy atom. The summed E-state index contributed by atoms with van der Waals surface area (Å²) < 4.78 is 12.1. The molecule has 2 aromatic heterocycles. The Hall–Kier alpha value is -2.21. The van der Waals surface area contributed by atoms with Gasteiger partial charge in [0.15, 0.2) is 5.82 Å². The Balaban J connectivity index is 1.38. The van der Waals surface area contributed by atoms with Crippen molar-refractivity contribution in [2.24, 2.45) is 0 Å². The molecule has 0 radical (unpaired) electrons. The number of aromatic nitrogens is 3. The van der Waals surface area contributed by atoms with Crippen LogP contribution in [0.5, 0.6) is 5.75 Å². The molecule has 2 aromatic rings. The van der Waals surface area contributed by atoms with Crippen molar-refractivity contribution in [3.8, 4) is 5.75 Å². The molecule has 0 bridgehead atoms. The van der Waals surface area contributed by atoms with Crippen LogP contribution in [-0.2, 0) is 4.74 Å². The van der Waals surface area contributed by atoms with Gasteiger partial charge in [0.05, 0.1) is 31.6 Å². The number of pyridine rings is 1. The number of anilines is 1. The van der Waals surface area contributed by atoms with E-state index < -0.39 is 0 Å². The Morgan fingerprint density at radius 2 is 2.17 bits per heavy atom. The van der Waals surface area contributed by atoms with Crippen LogP contribution in [0.4, 0.5) is 5.82 Å². The number of nitrogens with zero attached hydrogens (tertiary/aromatic N) is 4. The molecule has 0 saturated carbocycles. The summed E-state index contributed by atoms with van der Waals surface area (Å²) in [7, 11) is 0. The van der Waals surface area contributed by atoms with E-state index in [2.05, 4.69) is 20.1 Å². The topological polar surface area (TPSA) is 60.4 Å². The van der Waals surface area contributed by atoms with Crippen LogP contribution in [0.1, 0.15) is 18.5 Å². The smallest absolute Gasteiger partial charge is 0.151 e. The molecule has 2 aliphatic heterocycles. The van der Waals surface area contributed by atoms with Gasteiger partial charge in [-0.25, -0.2) is 0 Å². The van der Waals surface area contributed by atoms with Gasteiger partial charge in [0.2, 0.25) is 0 Å². The van der Waals surface area contributed by atoms with E-state index in [1.54, 1.807) is 12.4 Å². The molecular weight excluding hydrogens is 292 g/mol. The first-order chi connectivity index (χ1) is 11.2. The molecule has 0 unspecified atom stereocenters. The summed E-state index contributed by atoms with van der Waals surface area (Å²) in [6, 6.07) is 7.85. The normalized spacial score (nSPS) is 22.7. The average Bonchev–Trinajstić information content (AvgIpc) is 2.55. The molecule has 23 heavy (non-hydrogen) atoms. The SMILES string of the molecule is Cc1ccc(N2CC3(C[C@H](Oc4cccnc4)CCO3)C2)nn1. The van der Waals surface area contributed by atoms with Crippen molar-refractivity contribution in [1.29, 1.82) is 0 Å². The molecule has 4 rings (SSSR count). The number of rotatable bonds is 3. The fourth-order valence-corrected chi connectivity index (χ4v) is 3.28. The average molecular weight is 312 g/mol. The Morgan fingerprint density at radius 3 is 2.91 bits per heavy atom. The zero-order chi connectivity index (χ0) is 15.7. The van der Waals surface area contributed by atoms with Gasteiger partial charge in [-0.05, 0) is 31.2 Å². The molecular formula is C17H20N4O2. The first kappa shape index (κ1) is 14.4. The highest BCUT2D eigenvalue weighted by Gasteiger charge is 2.48. The number of hydrogen-bond acceptors (Lipinski definition) is 6. The van der Waals surface area contributed by atoms with E-state index in [1.807, 2.05) is 31.2 Å². The molecule has 2 saturated heterocycles. The van der Waals surface area contributed by atoms with Gasteiger partial charge in [-0.3, -0.25) is 4.98 Å². The van der Waals surface area contributed by atoms with Crippen molar-refractivity contribution < 1.29 is 9.47 Å². The van der Waals surface area contributed by atoms with E-state index in [9.17, 15) is 0 Å². The number of ether oxygens (including phenoxy) is 2. The maximum absolute atomic E-state index is 6.06. The van der Waals surface area contributed by atoms with E-state index in [0.29, 0.717) is 0 Å². The van der Waals surface area contributed by atoms with E-state index in [-0.39, 0.29) is 11.7 Å². The summed E-state index contributed by atoms with van der Waals surface area (Å²) in [5.74, 6) is 1.75.